The Morgan fingerprint density at radius 1 is 1.12 bits per heavy atom. The van der Waals surface area contributed by atoms with Gasteiger partial charge in [0.15, 0.2) is 5.60 Å². The van der Waals surface area contributed by atoms with Crippen LogP contribution in [-0.4, -0.2) is 61.4 Å². The molecule has 1 saturated carbocycles. The second-order valence-corrected chi connectivity index (χ2v) is 5.70. The largest absolute Gasteiger partial charge is 0.487 e. The van der Waals surface area contributed by atoms with E-state index in [1.54, 1.807) is 12.1 Å². The van der Waals surface area contributed by atoms with Gasteiger partial charge >= 0.3 is 11.9 Å². The average Bonchev–Trinajstić information content (AvgIpc) is 2.51. The first-order valence-corrected chi connectivity index (χ1v) is 7.21. The summed E-state index contributed by atoms with van der Waals surface area (Å²) in [6.45, 7) is 0. The number of rotatable bonds is 5. The fourth-order valence-electron chi connectivity index (χ4n) is 2.54. The lowest BCUT2D eigenvalue weighted by molar-refractivity contribution is -0.184. The van der Waals surface area contributed by atoms with Gasteiger partial charge in [0.05, 0.1) is 6.10 Å². The Balaban J connectivity index is 2.11. The molecule has 1 aliphatic carbocycles. The third kappa shape index (κ3) is 4.10. The van der Waals surface area contributed by atoms with Crippen LogP contribution in [0.25, 0.3) is 6.08 Å². The van der Waals surface area contributed by atoms with Crippen molar-refractivity contribution in [3.8, 4) is 5.75 Å². The summed E-state index contributed by atoms with van der Waals surface area (Å²) in [6, 6.07) is 6.16. The topological polar surface area (TPSA) is 145 Å². The number of aliphatic hydroxyl groups excluding tert-OH is 2. The van der Waals surface area contributed by atoms with E-state index in [9.17, 15) is 24.9 Å². The molecular formula is C16H18O8. The Labute approximate surface area is 137 Å². The lowest BCUT2D eigenvalue weighted by Gasteiger charge is -2.39. The van der Waals surface area contributed by atoms with Crippen molar-refractivity contribution < 1.29 is 39.9 Å². The van der Waals surface area contributed by atoms with Crippen LogP contribution in [0.5, 0.6) is 5.75 Å². The Morgan fingerprint density at radius 2 is 1.75 bits per heavy atom. The maximum absolute atomic E-state index is 11.1. The van der Waals surface area contributed by atoms with Crippen molar-refractivity contribution in [1.29, 1.82) is 0 Å². The number of aliphatic hydroxyl groups is 3. The van der Waals surface area contributed by atoms with Gasteiger partial charge in [-0.1, -0.05) is 12.1 Å². The number of ether oxygens (including phenoxy) is 1. The van der Waals surface area contributed by atoms with Crippen LogP contribution < -0.4 is 4.74 Å². The summed E-state index contributed by atoms with van der Waals surface area (Å²) in [5.74, 6) is -2.29. The highest BCUT2D eigenvalue weighted by Crippen LogP contribution is 2.32. The molecule has 24 heavy (non-hydrogen) atoms. The molecule has 0 amide bonds. The quantitative estimate of drug-likeness (QED) is 0.467. The maximum Gasteiger partial charge on any atom is 0.335 e. The molecule has 1 aromatic carbocycles. The number of aliphatic carboxylic acids is 2. The minimum atomic E-state index is -2.17. The average molecular weight is 338 g/mol. The molecular weight excluding hydrogens is 320 g/mol. The number of carboxylic acid groups (broad SMARTS) is 2. The van der Waals surface area contributed by atoms with Crippen LogP contribution in [0.1, 0.15) is 18.4 Å². The molecule has 0 aromatic heterocycles. The summed E-state index contributed by atoms with van der Waals surface area (Å²) in [6.07, 6.45) is -2.36. The third-order valence-corrected chi connectivity index (χ3v) is 3.84. The first-order valence-electron chi connectivity index (χ1n) is 7.21. The van der Waals surface area contributed by atoms with Crippen molar-refractivity contribution in [1.82, 2.24) is 0 Å². The van der Waals surface area contributed by atoms with Crippen LogP contribution in [0.2, 0.25) is 0 Å². The maximum atomic E-state index is 11.1. The molecule has 8 heteroatoms. The van der Waals surface area contributed by atoms with Crippen LogP contribution in [0.4, 0.5) is 0 Å². The van der Waals surface area contributed by atoms with E-state index >= 15 is 0 Å². The molecule has 4 atom stereocenters. The molecule has 1 aromatic rings. The van der Waals surface area contributed by atoms with Gasteiger partial charge in [-0.05, 0) is 23.8 Å². The van der Waals surface area contributed by atoms with E-state index in [0.717, 1.165) is 6.08 Å². The van der Waals surface area contributed by atoms with Crippen LogP contribution in [0.15, 0.2) is 30.3 Å². The van der Waals surface area contributed by atoms with E-state index in [0.29, 0.717) is 5.56 Å². The molecule has 8 nitrogen and oxygen atoms in total. The molecule has 0 bridgehead atoms. The van der Waals surface area contributed by atoms with Crippen LogP contribution in [0.3, 0.4) is 0 Å². The predicted octanol–water partition coefficient (Wildman–Crippen LogP) is -0.137. The molecule has 1 fully saturated rings. The summed E-state index contributed by atoms with van der Waals surface area (Å²) in [4.78, 5) is 21.6. The Hall–Kier alpha value is -2.42. The first kappa shape index (κ1) is 17.9. The fourth-order valence-corrected chi connectivity index (χ4v) is 2.54. The highest BCUT2D eigenvalue weighted by atomic mass is 16.5. The molecule has 130 valence electrons. The zero-order valence-corrected chi connectivity index (χ0v) is 12.6. The van der Waals surface area contributed by atoms with Gasteiger partial charge in [0.1, 0.15) is 18.0 Å². The summed E-state index contributed by atoms with van der Waals surface area (Å²) in [5, 5.41) is 47.4. The predicted molar refractivity (Wildman–Crippen MR) is 81.4 cm³/mol. The van der Waals surface area contributed by atoms with E-state index in [1.807, 2.05) is 0 Å². The summed E-state index contributed by atoms with van der Waals surface area (Å²) >= 11 is 0. The van der Waals surface area contributed by atoms with E-state index in [1.165, 1.54) is 18.2 Å². The SMILES string of the molecule is O=C(O)/C=C/c1ccc(O[C@@H]2C[C@@](O)(C(=O)O)C[C@@H](O)[C@@H]2O)cc1. The second-order valence-electron chi connectivity index (χ2n) is 5.70. The molecule has 0 spiro atoms. The van der Waals surface area contributed by atoms with Crippen molar-refractivity contribution in [3.63, 3.8) is 0 Å². The van der Waals surface area contributed by atoms with E-state index in [4.69, 9.17) is 14.9 Å². The van der Waals surface area contributed by atoms with Crippen molar-refractivity contribution in [2.75, 3.05) is 0 Å². The number of carbonyl (C=O) groups is 2. The minimum absolute atomic E-state index is 0.286. The minimum Gasteiger partial charge on any atom is -0.487 e. The summed E-state index contributed by atoms with van der Waals surface area (Å²) in [7, 11) is 0. The lowest BCUT2D eigenvalue weighted by atomic mass is 9.79. The monoisotopic (exact) mass is 338 g/mol. The van der Waals surface area contributed by atoms with Gasteiger partial charge in [0.25, 0.3) is 0 Å². The zero-order chi connectivity index (χ0) is 17.9. The normalized spacial score (nSPS) is 30.2. The first-order chi connectivity index (χ1) is 11.2. The van der Waals surface area contributed by atoms with Crippen LogP contribution in [-0.2, 0) is 9.59 Å². The molecule has 0 unspecified atom stereocenters. The highest BCUT2D eigenvalue weighted by Gasteiger charge is 2.50. The van der Waals surface area contributed by atoms with E-state index in [2.05, 4.69) is 0 Å². The van der Waals surface area contributed by atoms with Crippen LogP contribution >= 0.6 is 0 Å². The Bertz CT molecular complexity index is 638. The molecule has 0 saturated heterocycles. The standard InChI is InChI=1S/C16H18O8/c17-11-7-16(23,15(21)22)8-12(14(11)20)24-10-4-1-9(2-5-10)3-6-13(18)19/h1-6,11-12,14,17,20,23H,7-8H2,(H,18,19)(H,21,22)/b6-3+/t11-,12-,14+,16-/m1/s1. The molecule has 5 N–H and O–H groups in total. The molecule has 2 rings (SSSR count). The molecule has 0 radical (unpaired) electrons. The summed E-state index contributed by atoms with van der Waals surface area (Å²) < 4.78 is 5.49. The van der Waals surface area contributed by atoms with Crippen molar-refractivity contribution in [2.45, 2.75) is 36.8 Å². The highest BCUT2D eigenvalue weighted by molar-refractivity contribution is 5.85. The van der Waals surface area contributed by atoms with Crippen molar-refractivity contribution in [2.24, 2.45) is 0 Å². The lowest BCUT2D eigenvalue weighted by Crippen LogP contribution is -2.57. The second kappa shape index (κ2) is 7.00. The van der Waals surface area contributed by atoms with Crippen molar-refractivity contribution in [3.05, 3.63) is 35.9 Å². The van der Waals surface area contributed by atoms with Gasteiger partial charge in [0.2, 0.25) is 0 Å². The van der Waals surface area contributed by atoms with Gasteiger partial charge in [0, 0.05) is 18.9 Å². The zero-order valence-electron chi connectivity index (χ0n) is 12.6. The smallest absolute Gasteiger partial charge is 0.335 e. The van der Waals surface area contributed by atoms with Gasteiger partial charge in [-0.2, -0.15) is 0 Å². The van der Waals surface area contributed by atoms with E-state index in [-0.39, 0.29) is 12.2 Å². The van der Waals surface area contributed by atoms with E-state index < -0.39 is 42.3 Å². The van der Waals surface area contributed by atoms with Gasteiger partial charge in [-0.25, -0.2) is 9.59 Å². The van der Waals surface area contributed by atoms with Gasteiger partial charge in [-0.15, -0.1) is 0 Å². The summed E-state index contributed by atoms with van der Waals surface area (Å²) in [5.41, 5.74) is -1.57. The van der Waals surface area contributed by atoms with Gasteiger partial charge < -0.3 is 30.3 Å². The molecule has 0 aliphatic heterocycles. The Morgan fingerprint density at radius 3 is 2.29 bits per heavy atom. The van der Waals surface area contributed by atoms with Gasteiger partial charge in [-0.3, -0.25) is 0 Å². The molecule has 1 aliphatic rings. The number of benzene rings is 1. The Kier molecular flexibility index (Phi) is 5.23. The molecule has 0 heterocycles. The fraction of sp³-hybridized carbons (Fsp3) is 0.375. The third-order valence-electron chi connectivity index (χ3n) is 3.84. The number of hydrogen-bond donors (Lipinski definition) is 5. The van der Waals surface area contributed by atoms with Crippen molar-refractivity contribution >= 4 is 18.0 Å². The number of hydrogen-bond acceptors (Lipinski definition) is 6. The van der Waals surface area contributed by atoms with Crippen LogP contribution in [0, 0.1) is 0 Å². The number of carboxylic acids is 2.